The van der Waals surface area contributed by atoms with Gasteiger partial charge in [-0.3, -0.25) is 19.6 Å². The van der Waals surface area contributed by atoms with E-state index in [1.807, 2.05) is 77.9 Å². The predicted octanol–water partition coefficient (Wildman–Crippen LogP) is 5.33. The Labute approximate surface area is 206 Å². The van der Waals surface area contributed by atoms with Gasteiger partial charge in [0.2, 0.25) is 0 Å². The molecule has 0 amide bonds. The zero-order chi connectivity index (χ0) is 25.7. The summed E-state index contributed by atoms with van der Waals surface area (Å²) in [5.74, 6) is -1.08. The normalized spacial score (nSPS) is 10.2. The second-order valence-electron chi connectivity index (χ2n) is 8.48. The van der Waals surface area contributed by atoms with Gasteiger partial charge < -0.3 is 9.84 Å². The largest absolute Gasteiger partial charge is 0.481 e. The molecule has 0 saturated carbocycles. The van der Waals surface area contributed by atoms with E-state index in [4.69, 9.17) is 21.4 Å². The van der Waals surface area contributed by atoms with Crippen molar-refractivity contribution in [3.05, 3.63) is 88.2 Å². The highest BCUT2D eigenvalue weighted by atomic mass is 35.5. The van der Waals surface area contributed by atoms with Crippen LogP contribution in [0.4, 0.5) is 0 Å². The van der Waals surface area contributed by atoms with Gasteiger partial charge in [-0.05, 0) is 77.9 Å². The highest BCUT2D eigenvalue weighted by molar-refractivity contribution is 6.29. The topological polar surface area (TPSA) is 102 Å². The molecule has 0 atom stereocenters. The maximum atomic E-state index is 11.5. The molecule has 3 aromatic rings. The second kappa shape index (κ2) is 14.1. The smallest absolute Gasteiger partial charge is 0.312 e. The van der Waals surface area contributed by atoms with Crippen molar-refractivity contribution in [2.24, 2.45) is 0 Å². The zero-order valence-electron chi connectivity index (χ0n) is 20.5. The number of carboxylic acid groups (broad SMARTS) is 1. The minimum Gasteiger partial charge on any atom is -0.481 e. The van der Waals surface area contributed by atoms with Crippen molar-refractivity contribution in [3.8, 4) is 0 Å². The number of aryl methyl sites for hydroxylation is 3. The molecule has 7 nitrogen and oxygen atoms in total. The molecule has 182 valence electrons. The molecule has 8 heteroatoms. The minimum absolute atomic E-state index is 0.00167. The van der Waals surface area contributed by atoms with Gasteiger partial charge in [-0.15, -0.1) is 0 Å². The van der Waals surface area contributed by atoms with Crippen molar-refractivity contribution in [2.75, 3.05) is 0 Å². The maximum Gasteiger partial charge on any atom is 0.312 e. The van der Waals surface area contributed by atoms with Crippen molar-refractivity contribution in [1.29, 1.82) is 0 Å². The lowest BCUT2D eigenvalue weighted by Crippen LogP contribution is -2.25. The van der Waals surface area contributed by atoms with Crippen molar-refractivity contribution >= 4 is 23.5 Å². The third-order valence-electron chi connectivity index (χ3n) is 3.82. The van der Waals surface area contributed by atoms with E-state index >= 15 is 0 Å². The SMILES string of the molecule is Cc1cccc(CC(=O)O)n1.Cc1cccc(CC(=O)OC(C)(C)C)n1.Cc1cccc(Cl)n1. The molecule has 3 aromatic heterocycles. The maximum absolute atomic E-state index is 11.5. The summed E-state index contributed by atoms with van der Waals surface area (Å²) < 4.78 is 5.20. The first kappa shape index (κ1) is 28.7. The molecule has 3 heterocycles. The van der Waals surface area contributed by atoms with Gasteiger partial charge in [-0.1, -0.05) is 29.8 Å². The van der Waals surface area contributed by atoms with E-state index in [1.165, 1.54) is 0 Å². The number of ether oxygens (including phenoxy) is 1. The first-order valence-corrected chi connectivity index (χ1v) is 11.1. The van der Waals surface area contributed by atoms with E-state index in [9.17, 15) is 9.59 Å². The highest BCUT2D eigenvalue weighted by Crippen LogP contribution is 2.09. The molecule has 0 unspecified atom stereocenters. The predicted molar refractivity (Wildman–Crippen MR) is 133 cm³/mol. The number of halogens is 1. The van der Waals surface area contributed by atoms with Gasteiger partial charge in [0.15, 0.2) is 0 Å². The van der Waals surface area contributed by atoms with Crippen LogP contribution in [0.15, 0.2) is 54.6 Å². The van der Waals surface area contributed by atoms with Crippen LogP contribution >= 0.6 is 11.6 Å². The van der Waals surface area contributed by atoms with Crippen LogP contribution in [0.2, 0.25) is 5.15 Å². The van der Waals surface area contributed by atoms with Crippen LogP contribution in [0.25, 0.3) is 0 Å². The first-order chi connectivity index (χ1) is 15.8. The molecule has 0 saturated heterocycles. The molecule has 0 aliphatic rings. The summed E-state index contributed by atoms with van der Waals surface area (Å²) in [5, 5.41) is 8.98. The number of hydrogen-bond acceptors (Lipinski definition) is 6. The summed E-state index contributed by atoms with van der Waals surface area (Å²) in [4.78, 5) is 33.9. The molecule has 34 heavy (non-hydrogen) atoms. The fourth-order valence-electron chi connectivity index (χ4n) is 2.59. The van der Waals surface area contributed by atoms with Crippen LogP contribution in [-0.4, -0.2) is 37.6 Å². The van der Waals surface area contributed by atoms with Gasteiger partial charge in [-0.2, -0.15) is 0 Å². The number of pyridine rings is 3. The Morgan fingerprint density at radius 1 is 0.794 bits per heavy atom. The highest BCUT2D eigenvalue weighted by Gasteiger charge is 2.16. The average Bonchev–Trinajstić information content (AvgIpc) is 2.67. The van der Waals surface area contributed by atoms with Crippen molar-refractivity contribution in [3.63, 3.8) is 0 Å². The monoisotopic (exact) mass is 485 g/mol. The Hall–Kier alpha value is -3.32. The number of carbonyl (C=O) groups excluding carboxylic acids is 1. The van der Waals surface area contributed by atoms with Crippen molar-refractivity contribution < 1.29 is 19.4 Å². The Bertz CT molecular complexity index is 1060. The van der Waals surface area contributed by atoms with Crippen molar-refractivity contribution in [1.82, 2.24) is 15.0 Å². The number of aliphatic carboxylic acids is 1. The van der Waals surface area contributed by atoms with E-state index in [-0.39, 0.29) is 18.8 Å². The molecular formula is C26H32ClN3O4. The molecule has 1 N–H and O–H groups in total. The summed E-state index contributed by atoms with van der Waals surface area (Å²) in [7, 11) is 0. The first-order valence-electron chi connectivity index (χ1n) is 10.7. The van der Waals surface area contributed by atoms with Crippen LogP contribution in [0.1, 0.15) is 49.2 Å². The van der Waals surface area contributed by atoms with E-state index in [0.717, 1.165) is 22.8 Å². The second-order valence-corrected chi connectivity index (χ2v) is 8.86. The fourth-order valence-corrected chi connectivity index (χ4v) is 2.79. The van der Waals surface area contributed by atoms with Gasteiger partial charge in [0, 0.05) is 17.1 Å². The summed E-state index contributed by atoms with van der Waals surface area (Å²) >= 11 is 5.53. The van der Waals surface area contributed by atoms with Crippen LogP contribution in [-0.2, 0) is 27.2 Å². The van der Waals surface area contributed by atoms with Crippen LogP contribution in [0.5, 0.6) is 0 Å². The lowest BCUT2D eigenvalue weighted by molar-refractivity contribution is -0.154. The van der Waals surface area contributed by atoms with Crippen LogP contribution < -0.4 is 0 Å². The summed E-state index contributed by atoms with van der Waals surface area (Å²) in [6.07, 6.45) is 0.237. The molecule has 0 radical (unpaired) electrons. The Kier molecular flexibility index (Phi) is 11.9. The third kappa shape index (κ3) is 14.0. The molecule has 0 aliphatic heterocycles. The molecule has 0 spiro atoms. The standard InChI is InChI=1S/C12H17NO2.C8H9NO2.C6H6ClN/c1-9-6-5-7-10(13-9)8-11(14)15-12(2,3)4;1-6-3-2-4-7(9-6)5-8(10)11;1-5-3-2-4-6(7)8-5/h5-7H,8H2,1-4H3;2-4H,5H2,1H3,(H,10,11);2-4H,1H3. The van der Waals surface area contributed by atoms with Gasteiger partial charge in [0.1, 0.15) is 10.8 Å². The van der Waals surface area contributed by atoms with Crippen molar-refractivity contribution in [2.45, 2.75) is 60.0 Å². The van der Waals surface area contributed by atoms with Crippen LogP contribution in [0.3, 0.4) is 0 Å². The quantitative estimate of drug-likeness (QED) is 0.393. The van der Waals surface area contributed by atoms with E-state index in [2.05, 4.69) is 15.0 Å². The minimum atomic E-state index is -0.844. The molecule has 0 aromatic carbocycles. The van der Waals surface area contributed by atoms with Gasteiger partial charge >= 0.3 is 11.9 Å². The Morgan fingerprint density at radius 3 is 1.59 bits per heavy atom. The van der Waals surface area contributed by atoms with Gasteiger partial charge in [0.25, 0.3) is 0 Å². The Balaban J connectivity index is 0.000000268. The summed E-state index contributed by atoms with van der Waals surface area (Å²) in [6.45, 7) is 11.2. The number of rotatable bonds is 4. The van der Waals surface area contributed by atoms with Gasteiger partial charge in [0.05, 0.1) is 24.2 Å². The number of nitrogens with zero attached hydrogens (tertiary/aromatic N) is 3. The van der Waals surface area contributed by atoms with Crippen LogP contribution in [0, 0.1) is 20.8 Å². The molecular weight excluding hydrogens is 454 g/mol. The number of esters is 1. The molecule has 3 rings (SSSR count). The molecule has 0 bridgehead atoms. The lowest BCUT2D eigenvalue weighted by Gasteiger charge is -2.19. The molecule has 0 aliphatic carbocycles. The van der Waals surface area contributed by atoms with E-state index in [1.54, 1.807) is 18.2 Å². The third-order valence-corrected chi connectivity index (χ3v) is 4.03. The number of hydrogen-bond donors (Lipinski definition) is 1. The van der Waals surface area contributed by atoms with Gasteiger partial charge in [-0.25, -0.2) is 4.98 Å². The Morgan fingerprint density at radius 2 is 1.24 bits per heavy atom. The molecule has 0 fully saturated rings. The summed E-state index contributed by atoms with van der Waals surface area (Å²) in [5.41, 5.74) is 3.65. The van der Waals surface area contributed by atoms with E-state index in [0.29, 0.717) is 10.8 Å². The summed E-state index contributed by atoms with van der Waals surface area (Å²) in [6, 6.07) is 16.5. The number of carbonyl (C=O) groups is 2. The average molecular weight is 486 g/mol. The fraction of sp³-hybridized carbons (Fsp3) is 0.346. The zero-order valence-corrected chi connectivity index (χ0v) is 21.3. The lowest BCUT2D eigenvalue weighted by atomic mass is 10.2. The number of aromatic nitrogens is 3. The number of carboxylic acids is 1. The van der Waals surface area contributed by atoms with E-state index < -0.39 is 11.6 Å².